The van der Waals surface area contributed by atoms with Crippen LogP contribution in [0.3, 0.4) is 0 Å². The van der Waals surface area contributed by atoms with E-state index in [2.05, 4.69) is 10.6 Å². The largest absolute Gasteiger partial charge is 0.374 e. The summed E-state index contributed by atoms with van der Waals surface area (Å²) in [6, 6.07) is -1.82. The van der Waals surface area contributed by atoms with E-state index in [1.807, 2.05) is 20.8 Å². The first-order chi connectivity index (χ1) is 17.1. The maximum absolute atomic E-state index is 13.5. The van der Waals surface area contributed by atoms with Gasteiger partial charge in [0.1, 0.15) is 18.1 Å². The second-order valence-electron chi connectivity index (χ2n) is 11.8. The summed E-state index contributed by atoms with van der Waals surface area (Å²) in [5.74, 6) is 6.76. The lowest BCUT2D eigenvalue weighted by Gasteiger charge is -2.37. The number of amides is 3. The number of rotatable bonds is 3. The Bertz CT molecular complexity index is 758. The molecule has 9 nitrogen and oxygen atoms in total. The lowest BCUT2D eigenvalue weighted by molar-refractivity contribution is -0.145. The van der Waals surface area contributed by atoms with Crippen LogP contribution in [0.25, 0.3) is 0 Å². The van der Waals surface area contributed by atoms with Crippen molar-refractivity contribution in [3.05, 3.63) is 0 Å². The van der Waals surface area contributed by atoms with Crippen LogP contribution in [0.1, 0.15) is 85.5 Å². The Morgan fingerprint density at radius 2 is 1.64 bits per heavy atom. The van der Waals surface area contributed by atoms with Gasteiger partial charge in [-0.05, 0) is 76.5 Å². The van der Waals surface area contributed by atoms with Crippen LogP contribution in [0.4, 0.5) is 0 Å². The predicted molar refractivity (Wildman–Crippen MR) is 140 cm³/mol. The average molecular weight is 508 g/mol. The quantitative estimate of drug-likeness (QED) is 0.504. The van der Waals surface area contributed by atoms with Crippen molar-refractivity contribution in [3.8, 4) is 0 Å². The van der Waals surface area contributed by atoms with E-state index in [1.165, 1.54) is 17.7 Å². The van der Waals surface area contributed by atoms with Gasteiger partial charge in [-0.2, -0.15) is 0 Å². The molecule has 3 rings (SSSR count). The van der Waals surface area contributed by atoms with Crippen molar-refractivity contribution in [2.45, 2.75) is 116 Å². The highest BCUT2D eigenvalue weighted by atomic mass is 16.5. The molecule has 3 amide bonds. The fraction of sp³-hybridized carbons (Fsp3) is 0.889. The van der Waals surface area contributed by atoms with Crippen molar-refractivity contribution in [1.82, 2.24) is 20.5 Å². The molecule has 3 fully saturated rings. The average Bonchev–Trinajstić information content (AvgIpc) is 3.65. The van der Waals surface area contributed by atoms with Gasteiger partial charge in [-0.3, -0.25) is 20.2 Å². The molecule has 0 bridgehead atoms. The number of nitrogens with two attached hydrogens (primary N) is 1. The second-order valence-corrected chi connectivity index (χ2v) is 11.8. The Balaban J connectivity index is 1.81. The highest BCUT2D eigenvalue weighted by molar-refractivity contribution is 5.93. The molecular formula is C27H49N5O4. The van der Waals surface area contributed by atoms with Crippen LogP contribution >= 0.6 is 0 Å². The minimum absolute atomic E-state index is 0.101. The van der Waals surface area contributed by atoms with E-state index in [1.54, 1.807) is 19.0 Å². The first-order valence-corrected chi connectivity index (χ1v) is 14.1. The summed E-state index contributed by atoms with van der Waals surface area (Å²) >= 11 is 0. The lowest BCUT2D eigenvalue weighted by Crippen LogP contribution is -2.59. The number of hydrazine groups is 1. The Kier molecular flexibility index (Phi) is 10.6. The highest BCUT2D eigenvalue weighted by Gasteiger charge is 2.43. The molecule has 206 valence electrons. The van der Waals surface area contributed by atoms with Gasteiger partial charge in [0.15, 0.2) is 0 Å². The fourth-order valence-corrected chi connectivity index (χ4v) is 5.73. The van der Waals surface area contributed by atoms with E-state index in [0.717, 1.165) is 38.5 Å². The van der Waals surface area contributed by atoms with Gasteiger partial charge in [0.2, 0.25) is 17.7 Å². The van der Waals surface area contributed by atoms with E-state index in [0.29, 0.717) is 25.4 Å². The normalized spacial score (nSPS) is 35.0. The molecule has 6 atom stereocenters. The van der Waals surface area contributed by atoms with Crippen molar-refractivity contribution in [1.29, 1.82) is 0 Å². The standard InChI is InChI=1S/C27H49N5O4/c1-17(2)15-22-26(34)29-14-8-10-20-9-6-7-11-23(20)36-18(3)16-32(28)24(21-12-13-21)27(35)31(5)19(4)25(33)30-22/h17-24H,6-16,28H2,1-5H3,(H,29,34)(H,30,33)/t18-,19-,20?,22-,23?,24+/m1/s1. The van der Waals surface area contributed by atoms with Crippen LogP contribution in [0, 0.1) is 17.8 Å². The summed E-state index contributed by atoms with van der Waals surface area (Å²) in [4.78, 5) is 41.2. The molecule has 0 radical (unpaired) electrons. The van der Waals surface area contributed by atoms with Crippen molar-refractivity contribution < 1.29 is 19.1 Å². The van der Waals surface area contributed by atoms with Gasteiger partial charge in [0.25, 0.3) is 0 Å². The molecule has 0 aromatic rings. The van der Waals surface area contributed by atoms with Crippen molar-refractivity contribution in [3.63, 3.8) is 0 Å². The number of ether oxygens (including phenoxy) is 1. The molecular weight excluding hydrogens is 458 g/mol. The zero-order chi connectivity index (χ0) is 26.4. The highest BCUT2D eigenvalue weighted by Crippen LogP contribution is 2.36. The topological polar surface area (TPSA) is 117 Å². The summed E-state index contributed by atoms with van der Waals surface area (Å²) in [6.45, 7) is 8.85. The molecule has 36 heavy (non-hydrogen) atoms. The zero-order valence-electron chi connectivity index (χ0n) is 23.0. The molecule has 2 unspecified atom stereocenters. The zero-order valence-corrected chi connectivity index (χ0v) is 23.0. The molecule has 2 aliphatic carbocycles. The molecule has 0 spiro atoms. The summed E-state index contributed by atoms with van der Waals surface area (Å²) in [5, 5.41) is 7.60. The molecule has 1 saturated heterocycles. The third-order valence-electron chi connectivity index (χ3n) is 8.09. The smallest absolute Gasteiger partial charge is 0.243 e. The molecule has 1 aliphatic heterocycles. The molecule has 9 heteroatoms. The summed E-state index contributed by atoms with van der Waals surface area (Å²) in [5.41, 5.74) is 0. The molecule has 2 saturated carbocycles. The van der Waals surface area contributed by atoms with E-state index in [4.69, 9.17) is 10.6 Å². The minimum atomic E-state index is -0.717. The first kappa shape index (κ1) is 28.9. The maximum Gasteiger partial charge on any atom is 0.243 e. The van der Waals surface area contributed by atoms with Gasteiger partial charge in [-0.15, -0.1) is 0 Å². The van der Waals surface area contributed by atoms with Gasteiger partial charge in [0.05, 0.1) is 12.2 Å². The van der Waals surface area contributed by atoms with Crippen LogP contribution in [0.15, 0.2) is 0 Å². The van der Waals surface area contributed by atoms with Gasteiger partial charge in [0, 0.05) is 20.1 Å². The van der Waals surface area contributed by atoms with E-state index in [9.17, 15) is 14.4 Å². The third-order valence-corrected chi connectivity index (χ3v) is 8.09. The van der Waals surface area contributed by atoms with Gasteiger partial charge in [-0.25, -0.2) is 5.01 Å². The Hall–Kier alpha value is -1.71. The summed E-state index contributed by atoms with van der Waals surface area (Å²) < 4.78 is 6.50. The second kappa shape index (κ2) is 13.2. The monoisotopic (exact) mass is 507 g/mol. The number of nitrogens with zero attached hydrogens (tertiary/aromatic N) is 2. The van der Waals surface area contributed by atoms with Crippen LogP contribution in [0.5, 0.6) is 0 Å². The Labute approximate surface area is 217 Å². The van der Waals surface area contributed by atoms with Crippen molar-refractivity contribution >= 4 is 17.7 Å². The van der Waals surface area contributed by atoms with Gasteiger partial charge >= 0.3 is 0 Å². The van der Waals surface area contributed by atoms with Crippen LogP contribution in [-0.4, -0.2) is 78.1 Å². The number of carbonyl (C=O) groups is 3. The molecule has 4 N–H and O–H groups in total. The molecule has 3 aliphatic rings. The van der Waals surface area contributed by atoms with E-state index in [-0.39, 0.29) is 41.8 Å². The van der Waals surface area contributed by atoms with Crippen LogP contribution in [0.2, 0.25) is 0 Å². The number of nitrogens with one attached hydrogen (secondary N) is 2. The van der Waals surface area contributed by atoms with Gasteiger partial charge < -0.3 is 20.3 Å². The maximum atomic E-state index is 13.5. The van der Waals surface area contributed by atoms with E-state index >= 15 is 0 Å². The van der Waals surface area contributed by atoms with E-state index < -0.39 is 18.1 Å². The number of likely N-dealkylation sites (N-methyl/N-ethyl adjacent to an activating group) is 1. The molecule has 1 heterocycles. The van der Waals surface area contributed by atoms with Crippen molar-refractivity contribution in [2.75, 3.05) is 20.1 Å². The number of hydrogen-bond donors (Lipinski definition) is 3. The fourth-order valence-electron chi connectivity index (χ4n) is 5.73. The van der Waals surface area contributed by atoms with Crippen molar-refractivity contribution in [2.24, 2.45) is 23.6 Å². The first-order valence-electron chi connectivity index (χ1n) is 14.1. The number of fused-ring (bicyclic) bond motifs is 1. The number of hydrogen-bond acceptors (Lipinski definition) is 6. The molecule has 0 aromatic heterocycles. The Morgan fingerprint density at radius 1 is 0.972 bits per heavy atom. The van der Waals surface area contributed by atoms with Crippen LogP contribution in [-0.2, 0) is 19.1 Å². The minimum Gasteiger partial charge on any atom is -0.374 e. The summed E-state index contributed by atoms with van der Waals surface area (Å²) in [6.07, 6.45) is 8.96. The SMILES string of the molecule is CC(C)C[C@H]1NC(=O)[C@@H](C)N(C)C(=O)[C@H](C2CC2)N(N)C[C@@H](C)OC2CCCCC2CCCNC1=O. The van der Waals surface area contributed by atoms with Crippen LogP contribution < -0.4 is 16.5 Å². The predicted octanol–water partition coefficient (Wildman–Crippen LogP) is 2.19. The lowest BCUT2D eigenvalue weighted by atomic mass is 9.83. The third kappa shape index (κ3) is 7.89. The number of carbonyl (C=O) groups excluding carboxylic acids is 3. The van der Waals surface area contributed by atoms with Gasteiger partial charge in [-0.1, -0.05) is 26.7 Å². The summed E-state index contributed by atoms with van der Waals surface area (Å²) in [7, 11) is 1.65. The molecule has 0 aromatic carbocycles. The Morgan fingerprint density at radius 3 is 2.31 bits per heavy atom.